The summed E-state index contributed by atoms with van der Waals surface area (Å²) in [6, 6.07) is 17.7. The maximum absolute atomic E-state index is 12.9. The van der Waals surface area contributed by atoms with Crippen molar-refractivity contribution in [3.05, 3.63) is 89.9 Å². The number of esters is 1. The Bertz CT molecular complexity index is 1540. The number of furan rings is 2. The van der Waals surface area contributed by atoms with Crippen LogP contribution in [0.1, 0.15) is 28.4 Å². The number of benzene rings is 2. The third-order valence-corrected chi connectivity index (χ3v) is 5.79. The van der Waals surface area contributed by atoms with Crippen molar-refractivity contribution in [1.82, 2.24) is 9.97 Å². The molecule has 5 aromatic rings. The molecule has 0 saturated carbocycles. The molecule has 1 unspecified atom stereocenters. The van der Waals surface area contributed by atoms with Gasteiger partial charge in [-0.3, -0.25) is 4.79 Å². The highest BCUT2D eigenvalue weighted by molar-refractivity contribution is 5.99. The minimum atomic E-state index is -1.00. The second-order valence-electron chi connectivity index (χ2n) is 8.38. The van der Waals surface area contributed by atoms with Crippen molar-refractivity contribution in [2.75, 3.05) is 5.32 Å². The molecule has 0 bridgehead atoms. The first-order valence-corrected chi connectivity index (χ1v) is 11.4. The topological polar surface area (TPSA) is 107 Å². The molecule has 0 aliphatic rings. The number of carbonyl (C=O) groups is 2. The van der Waals surface area contributed by atoms with Crippen molar-refractivity contribution in [2.45, 2.75) is 26.9 Å². The third kappa shape index (κ3) is 4.48. The lowest BCUT2D eigenvalue weighted by Crippen LogP contribution is -2.30. The number of ether oxygens (including phenoxy) is 1. The van der Waals surface area contributed by atoms with E-state index in [-0.39, 0.29) is 5.56 Å². The molecule has 0 aliphatic carbocycles. The van der Waals surface area contributed by atoms with E-state index in [2.05, 4.69) is 5.32 Å². The van der Waals surface area contributed by atoms with Crippen LogP contribution in [0, 0.1) is 13.8 Å². The van der Waals surface area contributed by atoms with E-state index in [0.29, 0.717) is 39.6 Å². The summed E-state index contributed by atoms with van der Waals surface area (Å²) in [4.78, 5) is 35.0. The Morgan fingerprint density at radius 2 is 1.44 bits per heavy atom. The second kappa shape index (κ2) is 9.50. The number of aryl methyl sites for hydroxylation is 2. The molecule has 180 valence electrons. The molecule has 8 nitrogen and oxygen atoms in total. The monoisotopic (exact) mass is 481 g/mol. The SMILES string of the molecule is Cc1cccc(C)c1NC(=O)C(C)OC(=O)c1ccc2nc(-c3ccco3)c(-c3ccco3)nc2c1. The van der Waals surface area contributed by atoms with E-state index in [1.165, 1.54) is 6.92 Å². The quantitative estimate of drug-likeness (QED) is 0.299. The average Bonchev–Trinajstić information content (AvgIpc) is 3.60. The number of rotatable bonds is 6. The Kier molecular flexibility index (Phi) is 6.08. The van der Waals surface area contributed by atoms with Gasteiger partial charge in [0.2, 0.25) is 0 Å². The normalized spacial score (nSPS) is 11.9. The number of anilines is 1. The van der Waals surface area contributed by atoms with Gasteiger partial charge in [0.1, 0.15) is 11.4 Å². The van der Waals surface area contributed by atoms with Gasteiger partial charge in [-0.25, -0.2) is 14.8 Å². The van der Waals surface area contributed by atoms with Crippen LogP contribution in [0.3, 0.4) is 0 Å². The fourth-order valence-corrected chi connectivity index (χ4v) is 3.87. The van der Waals surface area contributed by atoms with Crippen LogP contribution in [0.25, 0.3) is 33.9 Å². The number of aromatic nitrogens is 2. The van der Waals surface area contributed by atoms with Crippen molar-refractivity contribution in [1.29, 1.82) is 0 Å². The van der Waals surface area contributed by atoms with Gasteiger partial charge in [-0.2, -0.15) is 0 Å². The van der Waals surface area contributed by atoms with Crippen LogP contribution in [0.5, 0.6) is 0 Å². The lowest BCUT2D eigenvalue weighted by Gasteiger charge is -2.16. The number of hydrogen-bond donors (Lipinski definition) is 1. The van der Waals surface area contributed by atoms with E-state index >= 15 is 0 Å². The summed E-state index contributed by atoms with van der Waals surface area (Å²) in [5.41, 5.74) is 4.85. The molecule has 0 spiro atoms. The average molecular weight is 482 g/mol. The number of amides is 1. The first-order valence-electron chi connectivity index (χ1n) is 11.4. The van der Waals surface area contributed by atoms with Crippen LogP contribution in [0.15, 0.2) is 82.0 Å². The van der Waals surface area contributed by atoms with Gasteiger partial charge in [0, 0.05) is 5.69 Å². The first kappa shape index (κ1) is 23.0. The fourth-order valence-electron chi connectivity index (χ4n) is 3.87. The highest BCUT2D eigenvalue weighted by Crippen LogP contribution is 2.31. The van der Waals surface area contributed by atoms with Gasteiger partial charge in [-0.05, 0) is 74.4 Å². The number of carbonyl (C=O) groups excluding carboxylic acids is 2. The number of para-hydroxylation sites is 1. The highest BCUT2D eigenvalue weighted by Gasteiger charge is 2.22. The summed E-state index contributed by atoms with van der Waals surface area (Å²) in [6.07, 6.45) is 2.11. The minimum absolute atomic E-state index is 0.250. The summed E-state index contributed by atoms with van der Waals surface area (Å²) in [7, 11) is 0. The Hall–Kier alpha value is -4.72. The molecule has 0 radical (unpaired) electrons. The van der Waals surface area contributed by atoms with Gasteiger partial charge < -0.3 is 18.9 Å². The third-order valence-electron chi connectivity index (χ3n) is 5.79. The molecule has 2 aromatic carbocycles. The lowest BCUT2D eigenvalue weighted by atomic mass is 10.1. The Balaban J connectivity index is 1.40. The van der Waals surface area contributed by atoms with E-state index in [0.717, 1.165) is 11.1 Å². The van der Waals surface area contributed by atoms with Gasteiger partial charge in [0.25, 0.3) is 5.91 Å². The maximum atomic E-state index is 12.9. The Labute approximate surface area is 206 Å². The van der Waals surface area contributed by atoms with Crippen LogP contribution < -0.4 is 5.32 Å². The van der Waals surface area contributed by atoms with Gasteiger partial charge in [0.05, 0.1) is 29.1 Å². The zero-order valence-corrected chi connectivity index (χ0v) is 19.9. The zero-order chi connectivity index (χ0) is 25.2. The Morgan fingerprint density at radius 3 is 2.03 bits per heavy atom. The molecule has 5 rings (SSSR count). The number of nitrogens with one attached hydrogen (secondary N) is 1. The molecule has 3 heterocycles. The van der Waals surface area contributed by atoms with E-state index in [9.17, 15) is 9.59 Å². The molecule has 3 aromatic heterocycles. The van der Waals surface area contributed by atoms with Crippen LogP contribution in [0.2, 0.25) is 0 Å². The molecule has 1 atom stereocenters. The smallest absolute Gasteiger partial charge is 0.338 e. The summed E-state index contributed by atoms with van der Waals surface area (Å²) < 4.78 is 16.5. The fraction of sp³-hybridized carbons (Fsp3) is 0.143. The second-order valence-corrected chi connectivity index (χ2v) is 8.38. The van der Waals surface area contributed by atoms with Crippen molar-refractivity contribution < 1.29 is 23.2 Å². The first-order chi connectivity index (χ1) is 17.4. The van der Waals surface area contributed by atoms with E-state index in [1.54, 1.807) is 55.0 Å². The predicted octanol–water partition coefficient (Wildman–Crippen LogP) is 5.95. The van der Waals surface area contributed by atoms with E-state index in [1.807, 2.05) is 32.0 Å². The molecule has 1 N–H and O–H groups in total. The van der Waals surface area contributed by atoms with Gasteiger partial charge in [-0.15, -0.1) is 0 Å². The standard InChI is InChI=1S/C28H23N3O5/c1-16-7-4-8-17(2)24(16)31-27(32)18(3)36-28(33)19-11-12-20-21(15-19)30-26(23-10-6-14-35-23)25(29-20)22-9-5-13-34-22/h4-15,18H,1-3H3,(H,31,32). The van der Waals surface area contributed by atoms with Gasteiger partial charge in [0.15, 0.2) is 17.6 Å². The van der Waals surface area contributed by atoms with Crippen LogP contribution in [0.4, 0.5) is 5.69 Å². The Morgan fingerprint density at radius 1 is 0.833 bits per heavy atom. The van der Waals surface area contributed by atoms with Crippen LogP contribution in [-0.4, -0.2) is 27.9 Å². The summed E-state index contributed by atoms with van der Waals surface area (Å²) >= 11 is 0. The van der Waals surface area contributed by atoms with Crippen molar-refractivity contribution in [3.63, 3.8) is 0 Å². The van der Waals surface area contributed by atoms with Crippen molar-refractivity contribution in [3.8, 4) is 22.9 Å². The van der Waals surface area contributed by atoms with Crippen molar-refractivity contribution in [2.24, 2.45) is 0 Å². The molecule has 8 heteroatoms. The largest absolute Gasteiger partial charge is 0.463 e. The number of fused-ring (bicyclic) bond motifs is 1. The highest BCUT2D eigenvalue weighted by atomic mass is 16.5. The minimum Gasteiger partial charge on any atom is -0.463 e. The van der Waals surface area contributed by atoms with Gasteiger partial charge >= 0.3 is 5.97 Å². The van der Waals surface area contributed by atoms with Gasteiger partial charge in [-0.1, -0.05) is 18.2 Å². The molecule has 0 aliphatic heterocycles. The summed E-state index contributed by atoms with van der Waals surface area (Å²) in [5, 5.41) is 2.85. The van der Waals surface area contributed by atoms with E-state index < -0.39 is 18.0 Å². The van der Waals surface area contributed by atoms with Crippen molar-refractivity contribution >= 4 is 28.6 Å². The molecule has 36 heavy (non-hydrogen) atoms. The zero-order valence-electron chi connectivity index (χ0n) is 19.9. The van der Waals surface area contributed by atoms with Crippen LogP contribution >= 0.6 is 0 Å². The molecule has 0 saturated heterocycles. The molecule has 0 fully saturated rings. The van der Waals surface area contributed by atoms with E-state index in [4.69, 9.17) is 23.5 Å². The lowest BCUT2D eigenvalue weighted by molar-refractivity contribution is -0.123. The predicted molar refractivity (Wildman–Crippen MR) is 134 cm³/mol. The molecular formula is C28H23N3O5. The van der Waals surface area contributed by atoms with Crippen LogP contribution in [-0.2, 0) is 9.53 Å². The molecule has 1 amide bonds. The summed E-state index contributed by atoms with van der Waals surface area (Å²) in [6.45, 7) is 5.35. The number of hydrogen-bond acceptors (Lipinski definition) is 7. The summed E-state index contributed by atoms with van der Waals surface area (Å²) in [5.74, 6) is 0.00521. The number of nitrogens with zero attached hydrogens (tertiary/aromatic N) is 2. The maximum Gasteiger partial charge on any atom is 0.338 e. The molecular weight excluding hydrogens is 458 g/mol.